The Balaban J connectivity index is 2.32. The van der Waals surface area contributed by atoms with Crippen molar-refractivity contribution >= 4 is 15.9 Å². The van der Waals surface area contributed by atoms with Gasteiger partial charge in [-0.3, -0.25) is 11.3 Å². The van der Waals surface area contributed by atoms with E-state index in [2.05, 4.69) is 21.4 Å². The van der Waals surface area contributed by atoms with Gasteiger partial charge in [-0.25, -0.2) is 4.39 Å². The van der Waals surface area contributed by atoms with Gasteiger partial charge in [0, 0.05) is 22.6 Å². The first-order valence-electron chi connectivity index (χ1n) is 5.22. The second-order valence-corrected chi connectivity index (χ2v) is 4.76. The van der Waals surface area contributed by atoms with E-state index in [0.29, 0.717) is 12.2 Å². The lowest BCUT2D eigenvalue weighted by molar-refractivity contribution is 0.176. The van der Waals surface area contributed by atoms with Gasteiger partial charge < -0.3 is 4.74 Å². The highest BCUT2D eigenvalue weighted by atomic mass is 79.9. The Bertz CT molecular complexity index is 349. The number of benzene rings is 1. The van der Waals surface area contributed by atoms with E-state index >= 15 is 0 Å². The highest BCUT2D eigenvalue weighted by molar-refractivity contribution is 9.10. The smallest absolute Gasteiger partial charge is 0.129 e. The average molecular weight is 289 g/mol. The van der Waals surface area contributed by atoms with Crippen LogP contribution in [0.15, 0.2) is 22.7 Å². The molecule has 0 radical (unpaired) electrons. The number of hydrogen-bond acceptors (Lipinski definition) is 3. The molecule has 1 saturated heterocycles. The Morgan fingerprint density at radius 1 is 1.56 bits per heavy atom. The van der Waals surface area contributed by atoms with Crippen molar-refractivity contribution in [3.05, 3.63) is 34.1 Å². The van der Waals surface area contributed by atoms with Crippen molar-refractivity contribution in [1.29, 1.82) is 0 Å². The summed E-state index contributed by atoms with van der Waals surface area (Å²) in [5.41, 5.74) is 3.28. The fourth-order valence-corrected chi connectivity index (χ4v) is 2.67. The molecule has 0 spiro atoms. The quantitative estimate of drug-likeness (QED) is 0.662. The number of halogens is 2. The maximum atomic E-state index is 13.8. The van der Waals surface area contributed by atoms with Crippen LogP contribution in [0.3, 0.4) is 0 Å². The van der Waals surface area contributed by atoms with Crippen molar-refractivity contribution in [3.8, 4) is 0 Å². The van der Waals surface area contributed by atoms with Crippen LogP contribution in [0, 0.1) is 11.7 Å². The van der Waals surface area contributed by atoms with Crippen LogP contribution >= 0.6 is 15.9 Å². The van der Waals surface area contributed by atoms with Crippen molar-refractivity contribution in [2.45, 2.75) is 12.5 Å². The predicted molar refractivity (Wildman–Crippen MR) is 63.1 cm³/mol. The molecule has 1 fully saturated rings. The van der Waals surface area contributed by atoms with Gasteiger partial charge in [-0.15, -0.1) is 0 Å². The molecule has 3 N–H and O–H groups in total. The van der Waals surface area contributed by atoms with Crippen molar-refractivity contribution in [1.82, 2.24) is 5.43 Å². The minimum atomic E-state index is -0.246. The first-order chi connectivity index (χ1) is 7.74. The predicted octanol–water partition coefficient (Wildman–Crippen LogP) is 2.13. The minimum Gasteiger partial charge on any atom is -0.381 e. The summed E-state index contributed by atoms with van der Waals surface area (Å²) in [5, 5.41) is 0. The second-order valence-electron chi connectivity index (χ2n) is 3.90. The summed E-state index contributed by atoms with van der Waals surface area (Å²) < 4.78 is 19.8. The van der Waals surface area contributed by atoms with Gasteiger partial charge in [0.25, 0.3) is 0 Å². The number of nitrogens with one attached hydrogen (secondary N) is 1. The van der Waals surface area contributed by atoms with Gasteiger partial charge in [-0.2, -0.15) is 0 Å². The molecule has 0 saturated carbocycles. The molecule has 1 heterocycles. The number of ether oxygens (including phenoxy) is 1. The summed E-state index contributed by atoms with van der Waals surface area (Å²) in [6.07, 6.45) is 0.898. The van der Waals surface area contributed by atoms with Crippen LogP contribution in [0.1, 0.15) is 18.0 Å². The van der Waals surface area contributed by atoms with E-state index < -0.39 is 0 Å². The maximum absolute atomic E-state index is 13.8. The maximum Gasteiger partial charge on any atom is 0.129 e. The standard InChI is InChI=1S/C11H14BrFN2O/c12-8-2-1-3-9(13)10(8)11(15-14)7-4-5-16-6-7/h1-3,7,11,15H,4-6,14H2. The van der Waals surface area contributed by atoms with E-state index in [1.165, 1.54) is 6.07 Å². The second kappa shape index (κ2) is 5.23. The van der Waals surface area contributed by atoms with Crippen molar-refractivity contribution < 1.29 is 9.13 Å². The first-order valence-corrected chi connectivity index (χ1v) is 6.01. The molecule has 1 aromatic rings. The van der Waals surface area contributed by atoms with Gasteiger partial charge in [-0.05, 0) is 18.6 Å². The molecular formula is C11H14BrFN2O. The molecule has 3 nitrogen and oxygen atoms in total. The summed E-state index contributed by atoms with van der Waals surface area (Å²) in [6, 6.07) is 4.72. The van der Waals surface area contributed by atoms with Crippen LogP contribution in [-0.2, 0) is 4.74 Å². The number of hydrazine groups is 1. The lowest BCUT2D eigenvalue weighted by atomic mass is 9.92. The topological polar surface area (TPSA) is 47.3 Å². The summed E-state index contributed by atoms with van der Waals surface area (Å²) in [5.74, 6) is 5.50. The average Bonchev–Trinajstić information content (AvgIpc) is 2.77. The van der Waals surface area contributed by atoms with Gasteiger partial charge in [0.2, 0.25) is 0 Å². The molecular weight excluding hydrogens is 275 g/mol. The molecule has 5 heteroatoms. The molecule has 0 aliphatic carbocycles. The van der Waals surface area contributed by atoms with Gasteiger partial charge in [0.1, 0.15) is 5.82 Å². The van der Waals surface area contributed by atoms with Crippen molar-refractivity contribution in [2.24, 2.45) is 11.8 Å². The number of rotatable bonds is 3. The number of nitrogens with two attached hydrogens (primary N) is 1. The van der Waals surface area contributed by atoms with Crippen LogP contribution < -0.4 is 11.3 Å². The zero-order valence-corrected chi connectivity index (χ0v) is 10.3. The summed E-state index contributed by atoms with van der Waals surface area (Å²) in [7, 11) is 0. The molecule has 1 aliphatic rings. The molecule has 0 bridgehead atoms. The highest BCUT2D eigenvalue weighted by Crippen LogP contribution is 2.34. The molecule has 88 valence electrons. The lowest BCUT2D eigenvalue weighted by Gasteiger charge is -2.23. The molecule has 1 aromatic carbocycles. The molecule has 2 atom stereocenters. The minimum absolute atomic E-state index is 0.210. The van der Waals surface area contributed by atoms with Gasteiger partial charge in [0.05, 0.1) is 12.6 Å². The summed E-state index contributed by atoms with van der Waals surface area (Å²) in [6.45, 7) is 1.34. The largest absolute Gasteiger partial charge is 0.381 e. The van der Waals surface area contributed by atoms with Crippen molar-refractivity contribution in [2.75, 3.05) is 13.2 Å². The van der Waals surface area contributed by atoms with Crippen LogP contribution in [0.4, 0.5) is 4.39 Å². The molecule has 0 aromatic heterocycles. The third kappa shape index (κ3) is 2.27. The van der Waals surface area contributed by atoms with Crippen LogP contribution in [0.2, 0.25) is 0 Å². The van der Waals surface area contributed by atoms with E-state index in [4.69, 9.17) is 10.6 Å². The van der Waals surface area contributed by atoms with E-state index in [1.54, 1.807) is 6.07 Å². The zero-order valence-electron chi connectivity index (χ0n) is 8.75. The van der Waals surface area contributed by atoms with Gasteiger partial charge in [0.15, 0.2) is 0 Å². The van der Waals surface area contributed by atoms with E-state index in [1.807, 2.05) is 6.07 Å². The Labute approximate surface area is 102 Å². The third-order valence-electron chi connectivity index (χ3n) is 2.93. The Morgan fingerprint density at radius 3 is 2.94 bits per heavy atom. The van der Waals surface area contributed by atoms with Gasteiger partial charge in [-0.1, -0.05) is 22.0 Å². The lowest BCUT2D eigenvalue weighted by Crippen LogP contribution is -2.34. The fraction of sp³-hybridized carbons (Fsp3) is 0.455. The third-order valence-corrected chi connectivity index (χ3v) is 3.62. The molecule has 1 aliphatic heterocycles. The van der Waals surface area contributed by atoms with Crippen LogP contribution in [0.5, 0.6) is 0 Å². The Morgan fingerprint density at radius 2 is 2.38 bits per heavy atom. The van der Waals surface area contributed by atoms with E-state index in [9.17, 15) is 4.39 Å². The Hall–Kier alpha value is -0.490. The first kappa shape index (κ1) is 12.0. The van der Waals surface area contributed by atoms with Crippen molar-refractivity contribution in [3.63, 3.8) is 0 Å². The summed E-state index contributed by atoms with van der Waals surface area (Å²) >= 11 is 3.36. The zero-order chi connectivity index (χ0) is 11.5. The SMILES string of the molecule is NNC(c1c(F)cccc1Br)C1CCOC1. The molecule has 2 rings (SSSR count). The van der Waals surface area contributed by atoms with Crippen LogP contribution in [0.25, 0.3) is 0 Å². The molecule has 0 amide bonds. The molecule has 16 heavy (non-hydrogen) atoms. The Kier molecular flexibility index (Phi) is 3.91. The highest BCUT2D eigenvalue weighted by Gasteiger charge is 2.29. The monoisotopic (exact) mass is 288 g/mol. The van der Waals surface area contributed by atoms with E-state index in [0.717, 1.165) is 17.5 Å². The van der Waals surface area contributed by atoms with Gasteiger partial charge >= 0.3 is 0 Å². The number of hydrogen-bond donors (Lipinski definition) is 2. The van der Waals surface area contributed by atoms with Crippen LogP contribution in [-0.4, -0.2) is 13.2 Å². The fourth-order valence-electron chi connectivity index (χ4n) is 2.08. The summed E-state index contributed by atoms with van der Waals surface area (Å²) in [4.78, 5) is 0. The normalized spacial score (nSPS) is 22.3. The van der Waals surface area contributed by atoms with E-state index in [-0.39, 0.29) is 17.8 Å². The molecule has 2 unspecified atom stereocenters.